The van der Waals surface area contributed by atoms with Crippen molar-refractivity contribution in [3.05, 3.63) is 65.9 Å². The molecule has 0 radical (unpaired) electrons. The number of hydrazone groups is 1. The minimum Gasteiger partial charge on any atom is -0.497 e. The van der Waals surface area contributed by atoms with Crippen LogP contribution >= 0.6 is 0 Å². The third-order valence-electron chi connectivity index (χ3n) is 3.50. The normalized spacial score (nSPS) is 10.7. The number of carboxylic acid groups (broad SMARTS) is 1. The number of benzene rings is 2. The molecule has 1 aromatic heterocycles. The van der Waals surface area contributed by atoms with Crippen molar-refractivity contribution in [2.75, 3.05) is 12.5 Å². The summed E-state index contributed by atoms with van der Waals surface area (Å²) in [7, 11) is 1.60. The van der Waals surface area contributed by atoms with Crippen LogP contribution in [0, 0.1) is 0 Å². The lowest BCUT2D eigenvalue weighted by molar-refractivity contribution is 0.0697. The first-order valence-electron chi connectivity index (χ1n) is 7.63. The number of rotatable bonds is 6. The van der Waals surface area contributed by atoms with Gasteiger partial charge in [0.05, 0.1) is 30.8 Å². The van der Waals surface area contributed by atoms with Crippen molar-refractivity contribution in [2.45, 2.75) is 0 Å². The topological polar surface area (TPSA) is 110 Å². The molecule has 0 atom stereocenters. The summed E-state index contributed by atoms with van der Waals surface area (Å²) in [5.74, 6) is -0.0790. The number of ether oxygens (including phenoxy) is 1. The van der Waals surface area contributed by atoms with Gasteiger partial charge in [0.15, 0.2) is 0 Å². The summed E-state index contributed by atoms with van der Waals surface area (Å²) in [5.41, 5.74) is 4.75. The van der Waals surface area contributed by atoms with Gasteiger partial charge in [0.2, 0.25) is 0 Å². The molecular weight excluding hydrogens is 334 g/mol. The molecule has 2 aromatic carbocycles. The predicted molar refractivity (Wildman–Crippen MR) is 96.4 cm³/mol. The molecule has 0 aliphatic heterocycles. The summed E-state index contributed by atoms with van der Waals surface area (Å²) in [4.78, 5) is 15.5. The Morgan fingerprint density at radius 1 is 1.19 bits per heavy atom. The third kappa shape index (κ3) is 3.99. The van der Waals surface area contributed by atoms with Gasteiger partial charge in [-0.05, 0) is 30.3 Å². The van der Waals surface area contributed by atoms with Gasteiger partial charge >= 0.3 is 5.97 Å². The van der Waals surface area contributed by atoms with Crippen LogP contribution in [0.1, 0.15) is 15.9 Å². The Labute approximate surface area is 149 Å². The molecule has 3 aromatic rings. The number of aromatic carboxylic acids is 1. The zero-order chi connectivity index (χ0) is 18.4. The molecule has 0 saturated carbocycles. The van der Waals surface area contributed by atoms with E-state index < -0.39 is 5.97 Å². The summed E-state index contributed by atoms with van der Waals surface area (Å²) < 4.78 is 5.13. The summed E-state index contributed by atoms with van der Waals surface area (Å²) in [5, 5.41) is 20.9. The number of anilines is 1. The maximum atomic E-state index is 11.2. The fourth-order valence-corrected chi connectivity index (χ4v) is 2.22. The van der Waals surface area contributed by atoms with Crippen molar-refractivity contribution in [2.24, 2.45) is 5.10 Å². The maximum Gasteiger partial charge on any atom is 0.336 e. The number of hydrogen-bond donors (Lipinski definition) is 2. The van der Waals surface area contributed by atoms with Gasteiger partial charge in [-0.1, -0.05) is 18.2 Å². The van der Waals surface area contributed by atoms with Crippen LogP contribution in [0.3, 0.4) is 0 Å². The number of nitrogens with zero attached hydrogens (tertiary/aromatic N) is 4. The lowest BCUT2D eigenvalue weighted by Gasteiger charge is -2.04. The Bertz CT molecular complexity index is 942. The first kappa shape index (κ1) is 17.0. The lowest BCUT2D eigenvalue weighted by Crippen LogP contribution is -2.03. The van der Waals surface area contributed by atoms with Crippen molar-refractivity contribution in [3.8, 4) is 17.0 Å². The number of nitrogens with one attached hydrogen (secondary N) is 1. The van der Waals surface area contributed by atoms with Crippen molar-refractivity contribution < 1.29 is 14.6 Å². The zero-order valence-electron chi connectivity index (χ0n) is 13.8. The molecule has 0 aliphatic rings. The van der Waals surface area contributed by atoms with E-state index >= 15 is 0 Å². The monoisotopic (exact) mass is 349 g/mol. The van der Waals surface area contributed by atoms with Crippen LogP contribution in [0.5, 0.6) is 5.75 Å². The second-order valence-corrected chi connectivity index (χ2v) is 5.16. The van der Waals surface area contributed by atoms with Gasteiger partial charge < -0.3 is 9.84 Å². The zero-order valence-corrected chi connectivity index (χ0v) is 13.8. The van der Waals surface area contributed by atoms with Crippen LogP contribution in [-0.2, 0) is 0 Å². The number of carboxylic acids is 1. The molecule has 8 heteroatoms. The second kappa shape index (κ2) is 7.84. The fraction of sp³-hybridized carbons (Fsp3) is 0.0556. The molecule has 3 rings (SSSR count). The van der Waals surface area contributed by atoms with Crippen LogP contribution in [0.25, 0.3) is 11.3 Å². The number of carbonyl (C=O) groups is 1. The second-order valence-electron chi connectivity index (χ2n) is 5.16. The van der Waals surface area contributed by atoms with Gasteiger partial charge in [0, 0.05) is 11.1 Å². The highest BCUT2D eigenvalue weighted by atomic mass is 16.5. The van der Waals surface area contributed by atoms with E-state index in [2.05, 4.69) is 25.7 Å². The van der Waals surface area contributed by atoms with E-state index in [1.165, 1.54) is 18.5 Å². The van der Waals surface area contributed by atoms with Crippen LogP contribution in [0.2, 0.25) is 0 Å². The van der Waals surface area contributed by atoms with E-state index in [1.54, 1.807) is 25.3 Å². The molecule has 0 aliphatic carbocycles. The molecule has 0 amide bonds. The molecule has 0 bridgehead atoms. The summed E-state index contributed by atoms with van der Waals surface area (Å²) in [6, 6.07) is 13.9. The van der Waals surface area contributed by atoms with Crippen molar-refractivity contribution in [1.29, 1.82) is 0 Å². The van der Waals surface area contributed by atoms with E-state index in [-0.39, 0.29) is 11.5 Å². The third-order valence-corrected chi connectivity index (χ3v) is 3.50. The minimum atomic E-state index is -1.02. The molecule has 8 nitrogen and oxygen atoms in total. The van der Waals surface area contributed by atoms with Crippen LogP contribution in [0.15, 0.2) is 59.8 Å². The van der Waals surface area contributed by atoms with Gasteiger partial charge in [0.1, 0.15) is 5.75 Å². The standard InChI is InChI=1S/C18H15N5O3/c1-26-14-8-6-12(7-9-14)16-11-20-23-18(21-16)22-19-10-13-4-2-3-5-15(13)17(24)25/h2-11H,1H3,(H,24,25)(H,21,22,23)/b19-10-. The van der Waals surface area contributed by atoms with Crippen molar-refractivity contribution >= 4 is 18.1 Å². The minimum absolute atomic E-state index is 0.157. The highest BCUT2D eigenvalue weighted by molar-refractivity contribution is 5.98. The van der Waals surface area contributed by atoms with E-state index in [9.17, 15) is 4.79 Å². The molecule has 0 unspecified atom stereocenters. The van der Waals surface area contributed by atoms with Crippen molar-refractivity contribution in [3.63, 3.8) is 0 Å². The van der Waals surface area contributed by atoms with Gasteiger partial charge in [0.25, 0.3) is 5.95 Å². The molecule has 0 fully saturated rings. The van der Waals surface area contributed by atoms with E-state index in [0.717, 1.165) is 11.3 Å². The van der Waals surface area contributed by atoms with Crippen LogP contribution < -0.4 is 10.2 Å². The molecule has 0 saturated heterocycles. The lowest BCUT2D eigenvalue weighted by atomic mass is 10.1. The highest BCUT2D eigenvalue weighted by Crippen LogP contribution is 2.20. The summed E-state index contributed by atoms with van der Waals surface area (Å²) >= 11 is 0. The average molecular weight is 349 g/mol. The molecule has 26 heavy (non-hydrogen) atoms. The number of aromatic nitrogens is 3. The number of methoxy groups -OCH3 is 1. The molecule has 1 heterocycles. The Balaban J connectivity index is 1.76. The largest absolute Gasteiger partial charge is 0.497 e. The molecule has 130 valence electrons. The Morgan fingerprint density at radius 3 is 2.69 bits per heavy atom. The molecule has 0 spiro atoms. The Morgan fingerprint density at radius 2 is 1.96 bits per heavy atom. The Kier molecular flexibility index (Phi) is 5.14. The molecular formula is C18H15N5O3. The van der Waals surface area contributed by atoms with Crippen LogP contribution in [-0.4, -0.2) is 39.6 Å². The first-order valence-corrected chi connectivity index (χ1v) is 7.63. The van der Waals surface area contributed by atoms with E-state index in [1.807, 2.05) is 24.3 Å². The van der Waals surface area contributed by atoms with Crippen molar-refractivity contribution in [1.82, 2.24) is 15.2 Å². The van der Waals surface area contributed by atoms with Gasteiger partial charge in [-0.2, -0.15) is 10.2 Å². The van der Waals surface area contributed by atoms with E-state index in [0.29, 0.717) is 11.3 Å². The molecule has 2 N–H and O–H groups in total. The summed E-state index contributed by atoms with van der Waals surface area (Å²) in [6.45, 7) is 0. The Hall–Kier alpha value is -3.81. The van der Waals surface area contributed by atoms with E-state index in [4.69, 9.17) is 9.84 Å². The van der Waals surface area contributed by atoms with Gasteiger partial charge in [-0.3, -0.25) is 0 Å². The fourth-order valence-electron chi connectivity index (χ4n) is 2.22. The average Bonchev–Trinajstić information content (AvgIpc) is 2.68. The smallest absolute Gasteiger partial charge is 0.336 e. The quantitative estimate of drug-likeness (QED) is 0.520. The summed E-state index contributed by atoms with van der Waals surface area (Å²) in [6.07, 6.45) is 2.93. The number of hydrogen-bond acceptors (Lipinski definition) is 7. The van der Waals surface area contributed by atoms with Crippen LogP contribution in [0.4, 0.5) is 5.95 Å². The highest BCUT2D eigenvalue weighted by Gasteiger charge is 2.07. The SMILES string of the molecule is COc1ccc(-c2cnnc(N/N=C\c3ccccc3C(=O)O)n2)cc1. The van der Waals surface area contributed by atoms with Gasteiger partial charge in [-0.15, -0.1) is 5.10 Å². The predicted octanol–water partition coefficient (Wildman–Crippen LogP) is 2.69. The first-order chi connectivity index (χ1) is 12.7. The van der Waals surface area contributed by atoms with Gasteiger partial charge in [-0.25, -0.2) is 15.2 Å². The maximum absolute atomic E-state index is 11.2.